The van der Waals surface area contributed by atoms with Crippen LogP contribution in [0, 0.1) is 0 Å². The molecular formula is C21H19NO2. The molecule has 0 saturated carbocycles. The highest BCUT2D eigenvalue weighted by molar-refractivity contribution is 6.08. The lowest BCUT2D eigenvalue weighted by Crippen LogP contribution is -2.39. The molecule has 120 valence electrons. The van der Waals surface area contributed by atoms with Gasteiger partial charge in [0.25, 0.3) is 0 Å². The van der Waals surface area contributed by atoms with Crippen molar-refractivity contribution in [2.24, 2.45) is 4.99 Å². The molecule has 0 fully saturated rings. The first kappa shape index (κ1) is 15.9. The minimum absolute atomic E-state index is 0.287. The van der Waals surface area contributed by atoms with Crippen LogP contribution in [-0.2, 0) is 9.53 Å². The highest BCUT2D eigenvalue weighted by Crippen LogP contribution is 2.40. The summed E-state index contributed by atoms with van der Waals surface area (Å²) in [6.45, 7) is 7.73. The molecule has 0 aromatic heterocycles. The zero-order valence-electron chi connectivity index (χ0n) is 13.4. The predicted molar refractivity (Wildman–Crippen MR) is 96.0 cm³/mol. The smallest absolute Gasteiger partial charge is 0.342 e. The Balaban J connectivity index is 2.10. The van der Waals surface area contributed by atoms with Gasteiger partial charge in [-0.2, -0.15) is 0 Å². The average Bonchev–Trinajstić information content (AvgIpc) is 2.95. The summed E-state index contributed by atoms with van der Waals surface area (Å²) in [5, 5.41) is 0. The summed E-state index contributed by atoms with van der Waals surface area (Å²) in [5.41, 5.74) is 0.702. The number of cyclic esters (lactones) is 1. The van der Waals surface area contributed by atoms with Crippen LogP contribution in [0.25, 0.3) is 0 Å². The van der Waals surface area contributed by atoms with E-state index in [1.165, 1.54) is 0 Å². The number of rotatable bonds is 6. The predicted octanol–water partition coefficient (Wildman–Crippen LogP) is 4.27. The molecule has 2 aromatic carbocycles. The minimum Gasteiger partial charge on any atom is -0.405 e. The number of benzene rings is 2. The maximum Gasteiger partial charge on any atom is 0.342 e. The molecule has 0 saturated heterocycles. The second kappa shape index (κ2) is 6.67. The van der Waals surface area contributed by atoms with E-state index in [1.54, 1.807) is 12.2 Å². The van der Waals surface area contributed by atoms with Gasteiger partial charge in [-0.3, -0.25) is 0 Å². The Kier molecular flexibility index (Phi) is 4.43. The van der Waals surface area contributed by atoms with Gasteiger partial charge in [0.2, 0.25) is 5.90 Å². The van der Waals surface area contributed by atoms with Gasteiger partial charge in [-0.25, -0.2) is 9.79 Å². The van der Waals surface area contributed by atoms with Gasteiger partial charge < -0.3 is 4.74 Å². The van der Waals surface area contributed by atoms with Gasteiger partial charge in [0.15, 0.2) is 5.54 Å². The van der Waals surface area contributed by atoms with Crippen LogP contribution in [0.2, 0.25) is 0 Å². The standard InChI is InChI=1S/C21H19NO2/c1-3-15-21(18(4-2)16-11-7-5-8-12-16)20(23)24-19(22-21)17-13-9-6-10-14-17/h3-14,18H,1-2,15H2/t18-,21+/m0/s1. The van der Waals surface area contributed by atoms with E-state index in [0.29, 0.717) is 12.3 Å². The number of nitrogens with zero attached hydrogens (tertiary/aromatic N) is 1. The zero-order chi connectivity index (χ0) is 17.0. The lowest BCUT2D eigenvalue weighted by atomic mass is 9.77. The number of ether oxygens (including phenoxy) is 1. The van der Waals surface area contributed by atoms with Gasteiger partial charge in [0.1, 0.15) is 0 Å². The van der Waals surface area contributed by atoms with E-state index in [1.807, 2.05) is 60.7 Å². The van der Waals surface area contributed by atoms with Crippen LogP contribution in [0.1, 0.15) is 23.5 Å². The summed E-state index contributed by atoms with van der Waals surface area (Å²) >= 11 is 0. The topological polar surface area (TPSA) is 38.7 Å². The van der Waals surface area contributed by atoms with Crippen LogP contribution in [0.4, 0.5) is 0 Å². The van der Waals surface area contributed by atoms with Gasteiger partial charge in [-0.1, -0.05) is 60.7 Å². The molecule has 0 N–H and O–H groups in total. The van der Waals surface area contributed by atoms with E-state index in [9.17, 15) is 4.79 Å². The Hall–Kier alpha value is -2.94. The van der Waals surface area contributed by atoms with Crippen molar-refractivity contribution in [2.75, 3.05) is 0 Å². The third-order valence-corrected chi connectivity index (χ3v) is 4.23. The number of esters is 1. The van der Waals surface area contributed by atoms with Crippen molar-refractivity contribution in [1.29, 1.82) is 0 Å². The molecular weight excluding hydrogens is 298 g/mol. The molecule has 1 heterocycles. The van der Waals surface area contributed by atoms with E-state index in [2.05, 4.69) is 13.2 Å². The van der Waals surface area contributed by atoms with Crippen LogP contribution < -0.4 is 0 Å². The van der Waals surface area contributed by atoms with E-state index in [0.717, 1.165) is 11.1 Å². The average molecular weight is 317 g/mol. The molecule has 1 aliphatic heterocycles. The summed E-state index contributed by atoms with van der Waals surface area (Å²) in [5.74, 6) is -0.300. The number of hydrogen-bond acceptors (Lipinski definition) is 3. The summed E-state index contributed by atoms with van der Waals surface area (Å²) in [7, 11) is 0. The molecule has 3 heteroatoms. The SMILES string of the molecule is C=CC[C@]1([C@@H](C=C)c2ccccc2)N=C(c2ccccc2)OC1=O. The minimum atomic E-state index is -1.06. The third-order valence-electron chi connectivity index (χ3n) is 4.23. The van der Waals surface area contributed by atoms with Gasteiger partial charge in [0.05, 0.1) is 0 Å². The molecule has 2 aromatic rings. The van der Waals surface area contributed by atoms with Crippen molar-refractivity contribution in [3.8, 4) is 0 Å². The molecule has 0 unspecified atom stereocenters. The van der Waals surface area contributed by atoms with Crippen LogP contribution in [0.15, 0.2) is 91.0 Å². The maximum absolute atomic E-state index is 12.8. The van der Waals surface area contributed by atoms with Crippen molar-refractivity contribution in [3.63, 3.8) is 0 Å². The Morgan fingerprint density at radius 2 is 1.67 bits per heavy atom. The molecule has 0 bridgehead atoms. The fraction of sp³-hybridized carbons (Fsp3) is 0.143. The van der Waals surface area contributed by atoms with E-state index < -0.39 is 5.54 Å². The van der Waals surface area contributed by atoms with Crippen molar-refractivity contribution in [1.82, 2.24) is 0 Å². The highest BCUT2D eigenvalue weighted by atomic mass is 16.6. The summed E-state index contributed by atoms with van der Waals surface area (Å²) in [6, 6.07) is 19.2. The largest absolute Gasteiger partial charge is 0.405 e. The Morgan fingerprint density at radius 1 is 1.04 bits per heavy atom. The quantitative estimate of drug-likeness (QED) is 0.589. The number of carbonyl (C=O) groups is 1. The van der Waals surface area contributed by atoms with Crippen molar-refractivity contribution in [3.05, 3.63) is 97.1 Å². The van der Waals surface area contributed by atoms with Crippen molar-refractivity contribution < 1.29 is 9.53 Å². The molecule has 3 rings (SSSR count). The second-order valence-electron chi connectivity index (χ2n) is 5.71. The van der Waals surface area contributed by atoms with Crippen LogP contribution >= 0.6 is 0 Å². The van der Waals surface area contributed by atoms with Crippen molar-refractivity contribution >= 4 is 11.9 Å². The summed E-state index contributed by atoms with van der Waals surface area (Å²) in [6.07, 6.45) is 3.85. The second-order valence-corrected chi connectivity index (χ2v) is 5.71. The normalized spacial score (nSPS) is 20.8. The Bertz CT molecular complexity index is 780. The van der Waals surface area contributed by atoms with Crippen LogP contribution in [-0.4, -0.2) is 17.4 Å². The lowest BCUT2D eigenvalue weighted by molar-refractivity contribution is -0.139. The molecule has 2 atom stereocenters. The van der Waals surface area contributed by atoms with Crippen LogP contribution in [0.5, 0.6) is 0 Å². The lowest BCUT2D eigenvalue weighted by Gasteiger charge is -2.28. The number of aliphatic imine (C=N–C) groups is 1. The monoisotopic (exact) mass is 317 g/mol. The first-order chi connectivity index (χ1) is 11.7. The number of hydrogen-bond donors (Lipinski definition) is 0. The van der Waals surface area contributed by atoms with E-state index in [4.69, 9.17) is 9.73 Å². The summed E-state index contributed by atoms with van der Waals surface area (Å²) < 4.78 is 5.54. The van der Waals surface area contributed by atoms with Gasteiger partial charge in [-0.05, 0) is 17.7 Å². The molecule has 0 amide bonds. The summed E-state index contributed by atoms with van der Waals surface area (Å²) in [4.78, 5) is 17.5. The zero-order valence-corrected chi connectivity index (χ0v) is 13.4. The van der Waals surface area contributed by atoms with E-state index in [-0.39, 0.29) is 11.9 Å². The molecule has 24 heavy (non-hydrogen) atoms. The maximum atomic E-state index is 12.8. The fourth-order valence-electron chi connectivity index (χ4n) is 3.07. The van der Waals surface area contributed by atoms with Gasteiger partial charge in [-0.15, -0.1) is 13.2 Å². The van der Waals surface area contributed by atoms with E-state index >= 15 is 0 Å². The Labute approximate surface area is 142 Å². The van der Waals surface area contributed by atoms with Crippen molar-refractivity contribution in [2.45, 2.75) is 17.9 Å². The number of carbonyl (C=O) groups excluding carboxylic acids is 1. The first-order valence-corrected chi connectivity index (χ1v) is 7.87. The van der Waals surface area contributed by atoms with Gasteiger partial charge in [0, 0.05) is 17.9 Å². The first-order valence-electron chi connectivity index (χ1n) is 7.87. The fourth-order valence-corrected chi connectivity index (χ4v) is 3.07. The highest BCUT2D eigenvalue weighted by Gasteiger charge is 2.50. The molecule has 0 aliphatic carbocycles. The molecule has 0 radical (unpaired) electrons. The molecule has 3 nitrogen and oxygen atoms in total. The molecule has 0 spiro atoms. The Morgan fingerprint density at radius 3 is 2.25 bits per heavy atom. The third kappa shape index (κ3) is 2.69. The molecule has 1 aliphatic rings. The van der Waals surface area contributed by atoms with Gasteiger partial charge >= 0.3 is 5.97 Å². The van der Waals surface area contributed by atoms with Crippen LogP contribution in [0.3, 0.4) is 0 Å².